The van der Waals surface area contributed by atoms with E-state index in [0.29, 0.717) is 5.92 Å². The Morgan fingerprint density at radius 2 is 2.00 bits per heavy atom. The average Bonchev–Trinajstić information content (AvgIpc) is 2.61. The largest absolute Gasteiger partial charge is 0.452 e. The number of hydrogen-bond acceptors (Lipinski definition) is 6. The fourth-order valence-electron chi connectivity index (χ4n) is 2.94. The maximum Gasteiger partial charge on any atom is 0.345 e. The third kappa shape index (κ3) is 5.92. The van der Waals surface area contributed by atoms with Crippen molar-refractivity contribution in [3.8, 4) is 0 Å². The first-order valence-electron chi connectivity index (χ1n) is 8.49. The van der Waals surface area contributed by atoms with Crippen LogP contribution in [-0.2, 0) is 9.53 Å². The van der Waals surface area contributed by atoms with E-state index in [1.165, 1.54) is 6.07 Å². The fraction of sp³-hybridized carbons (Fsp3) is 0.471. The van der Waals surface area contributed by atoms with E-state index < -0.39 is 35.1 Å². The van der Waals surface area contributed by atoms with Gasteiger partial charge in [0.25, 0.3) is 11.6 Å². The van der Waals surface area contributed by atoms with Gasteiger partial charge in [0.1, 0.15) is 5.56 Å². The summed E-state index contributed by atoms with van der Waals surface area (Å²) < 4.78 is 4.75. The van der Waals surface area contributed by atoms with Gasteiger partial charge in [-0.25, -0.2) is 9.59 Å². The van der Waals surface area contributed by atoms with E-state index >= 15 is 0 Å². The number of amides is 3. The van der Waals surface area contributed by atoms with Crippen LogP contribution in [0.3, 0.4) is 0 Å². The molecule has 0 aromatic heterocycles. The van der Waals surface area contributed by atoms with Crippen molar-refractivity contribution in [2.24, 2.45) is 5.92 Å². The topological polar surface area (TPSA) is 128 Å². The first-order chi connectivity index (χ1) is 12.8. The fourth-order valence-corrected chi connectivity index (χ4v) is 3.11. The quantitative estimate of drug-likeness (QED) is 0.446. The molecule has 27 heavy (non-hydrogen) atoms. The highest BCUT2D eigenvalue weighted by Crippen LogP contribution is 2.24. The molecule has 0 saturated heterocycles. The van der Waals surface area contributed by atoms with Gasteiger partial charge in [0.05, 0.1) is 4.92 Å². The Morgan fingerprint density at radius 3 is 2.67 bits per heavy atom. The number of benzene rings is 1. The molecule has 1 saturated carbocycles. The Kier molecular flexibility index (Phi) is 7.12. The second-order valence-electron chi connectivity index (χ2n) is 6.38. The molecule has 3 amide bonds. The van der Waals surface area contributed by atoms with Gasteiger partial charge in [-0.2, -0.15) is 0 Å². The van der Waals surface area contributed by atoms with Crippen LogP contribution in [0.2, 0.25) is 5.02 Å². The Hall–Kier alpha value is -2.68. The summed E-state index contributed by atoms with van der Waals surface area (Å²) in [6, 6.07) is 2.74. The number of rotatable bonds is 5. The zero-order valence-corrected chi connectivity index (χ0v) is 15.5. The number of esters is 1. The highest BCUT2D eigenvalue weighted by Gasteiger charge is 2.25. The summed E-state index contributed by atoms with van der Waals surface area (Å²) in [5, 5.41) is 15.9. The molecular formula is C17H20ClN3O6. The van der Waals surface area contributed by atoms with E-state index in [1.54, 1.807) is 0 Å². The molecule has 0 radical (unpaired) electrons. The molecule has 1 aromatic carbocycles. The monoisotopic (exact) mass is 397 g/mol. The van der Waals surface area contributed by atoms with E-state index in [0.717, 1.165) is 37.8 Å². The Labute approximate surface area is 160 Å². The molecule has 0 aliphatic heterocycles. The predicted octanol–water partition coefficient (Wildman–Crippen LogP) is 2.81. The molecule has 9 nitrogen and oxygen atoms in total. The summed E-state index contributed by atoms with van der Waals surface area (Å²) in [6.07, 6.45) is 3.98. The highest BCUT2D eigenvalue weighted by atomic mass is 35.5. The van der Waals surface area contributed by atoms with Crippen molar-refractivity contribution >= 4 is 35.2 Å². The Bertz CT molecular complexity index is 754. The van der Waals surface area contributed by atoms with E-state index in [9.17, 15) is 24.5 Å². The molecule has 1 aliphatic rings. The van der Waals surface area contributed by atoms with Crippen LogP contribution in [-0.4, -0.2) is 35.5 Å². The van der Waals surface area contributed by atoms with Gasteiger partial charge >= 0.3 is 12.0 Å². The molecule has 2 rings (SSSR count). The van der Waals surface area contributed by atoms with Crippen molar-refractivity contribution in [2.45, 2.75) is 38.6 Å². The minimum atomic E-state index is -1.08. The summed E-state index contributed by atoms with van der Waals surface area (Å²) >= 11 is 5.74. The molecule has 1 aliphatic carbocycles. The molecule has 2 atom stereocenters. The normalized spacial score (nSPS) is 19.0. The number of ether oxygens (including phenoxy) is 1. The highest BCUT2D eigenvalue weighted by molar-refractivity contribution is 6.31. The molecule has 1 aromatic rings. The van der Waals surface area contributed by atoms with Gasteiger partial charge in [-0.1, -0.05) is 31.4 Å². The number of nitro benzene ring substituents is 1. The minimum absolute atomic E-state index is 0.0109. The van der Waals surface area contributed by atoms with Crippen LogP contribution in [0, 0.1) is 16.0 Å². The third-order valence-corrected chi connectivity index (χ3v) is 4.63. The van der Waals surface area contributed by atoms with E-state index in [1.807, 2.05) is 6.92 Å². The molecular weight excluding hydrogens is 378 g/mol. The summed E-state index contributed by atoms with van der Waals surface area (Å²) in [5.74, 6) is -1.60. The molecule has 1 fully saturated rings. The van der Waals surface area contributed by atoms with Crippen molar-refractivity contribution in [3.63, 3.8) is 0 Å². The minimum Gasteiger partial charge on any atom is -0.452 e. The van der Waals surface area contributed by atoms with Crippen LogP contribution in [0.25, 0.3) is 0 Å². The summed E-state index contributed by atoms with van der Waals surface area (Å²) in [5.41, 5.74) is -0.866. The number of carbonyl (C=O) groups is 3. The van der Waals surface area contributed by atoms with Gasteiger partial charge in [0, 0.05) is 17.1 Å². The van der Waals surface area contributed by atoms with Crippen LogP contribution in [0.1, 0.15) is 43.0 Å². The molecule has 2 N–H and O–H groups in total. The zero-order valence-electron chi connectivity index (χ0n) is 14.7. The number of hydrogen-bond donors (Lipinski definition) is 2. The zero-order chi connectivity index (χ0) is 20.0. The van der Waals surface area contributed by atoms with E-state index in [4.69, 9.17) is 16.3 Å². The van der Waals surface area contributed by atoms with Gasteiger partial charge in [-0.05, 0) is 30.9 Å². The molecule has 0 heterocycles. The van der Waals surface area contributed by atoms with Gasteiger partial charge in [-0.15, -0.1) is 0 Å². The van der Waals surface area contributed by atoms with Gasteiger partial charge < -0.3 is 10.1 Å². The first-order valence-corrected chi connectivity index (χ1v) is 8.87. The smallest absolute Gasteiger partial charge is 0.345 e. The maximum absolute atomic E-state index is 12.0. The van der Waals surface area contributed by atoms with Crippen molar-refractivity contribution in [2.75, 3.05) is 6.61 Å². The second-order valence-corrected chi connectivity index (χ2v) is 6.82. The average molecular weight is 398 g/mol. The number of carbonyl (C=O) groups excluding carboxylic acids is 3. The first kappa shape index (κ1) is 20.6. The lowest BCUT2D eigenvalue weighted by molar-refractivity contribution is -0.385. The van der Waals surface area contributed by atoms with Crippen LogP contribution in [0.15, 0.2) is 18.2 Å². The third-order valence-electron chi connectivity index (χ3n) is 4.39. The maximum atomic E-state index is 12.0. The number of imide groups is 1. The number of nitro groups is 1. The van der Waals surface area contributed by atoms with Crippen LogP contribution < -0.4 is 10.6 Å². The Balaban J connectivity index is 1.86. The second kappa shape index (κ2) is 9.31. The van der Waals surface area contributed by atoms with Crippen LogP contribution in [0.5, 0.6) is 0 Å². The SMILES string of the molecule is C[C@@H]1CCCC[C@@H]1NC(=O)NC(=O)COC(=O)c1cc(Cl)ccc1[N+](=O)[O-]. The van der Waals surface area contributed by atoms with Gasteiger partial charge in [-0.3, -0.25) is 20.2 Å². The standard InChI is InChI=1S/C17H20ClN3O6/c1-10-4-2-3-5-13(10)19-17(24)20-15(22)9-27-16(23)12-8-11(18)6-7-14(12)21(25)26/h6-8,10,13H,2-5,9H2,1H3,(H2,19,20,22,24)/t10-,13+/m1/s1. The summed E-state index contributed by atoms with van der Waals surface area (Å²) in [7, 11) is 0. The number of nitrogens with one attached hydrogen (secondary N) is 2. The molecule has 0 bridgehead atoms. The van der Waals surface area contributed by atoms with Crippen molar-refractivity contribution in [1.29, 1.82) is 0 Å². The van der Waals surface area contributed by atoms with Gasteiger partial charge in [0.15, 0.2) is 6.61 Å². The lowest BCUT2D eigenvalue weighted by Crippen LogP contribution is -2.48. The van der Waals surface area contributed by atoms with Crippen LogP contribution >= 0.6 is 11.6 Å². The summed E-state index contributed by atoms with van der Waals surface area (Å²) in [6.45, 7) is 1.28. The van der Waals surface area contributed by atoms with Crippen LogP contribution in [0.4, 0.5) is 10.5 Å². The molecule has 10 heteroatoms. The Morgan fingerprint density at radius 1 is 1.30 bits per heavy atom. The molecule has 146 valence electrons. The lowest BCUT2D eigenvalue weighted by Gasteiger charge is -2.29. The summed E-state index contributed by atoms with van der Waals surface area (Å²) in [4.78, 5) is 45.9. The van der Waals surface area contributed by atoms with E-state index in [2.05, 4.69) is 10.6 Å². The number of nitrogens with zero attached hydrogens (tertiary/aromatic N) is 1. The molecule has 0 spiro atoms. The van der Waals surface area contributed by atoms with E-state index in [-0.39, 0.29) is 16.6 Å². The number of urea groups is 1. The van der Waals surface area contributed by atoms with Crippen molar-refractivity contribution < 1.29 is 24.0 Å². The number of halogens is 1. The van der Waals surface area contributed by atoms with Crippen molar-refractivity contribution in [3.05, 3.63) is 38.9 Å². The molecule has 0 unspecified atom stereocenters. The predicted molar refractivity (Wildman–Crippen MR) is 96.5 cm³/mol. The van der Waals surface area contributed by atoms with Crippen molar-refractivity contribution in [1.82, 2.24) is 10.6 Å². The van der Waals surface area contributed by atoms with Gasteiger partial charge in [0.2, 0.25) is 0 Å². The lowest BCUT2D eigenvalue weighted by atomic mass is 9.86.